The maximum Gasteiger partial charge on any atom is 0.249 e. The number of amides is 1. The number of hydrogen-bond acceptors (Lipinski definition) is 10. The van der Waals surface area contributed by atoms with Gasteiger partial charge < -0.3 is 50.5 Å². The van der Waals surface area contributed by atoms with Crippen molar-refractivity contribution in [2.24, 2.45) is 0 Å². The molecule has 0 aromatic carbocycles. The van der Waals surface area contributed by atoms with Crippen LogP contribution in [0.1, 0.15) is 226 Å². The zero-order chi connectivity index (χ0) is 42.6. The van der Waals surface area contributed by atoms with E-state index in [0.29, 0.717) is 19.3 Å². The molecule has 0 aromatic rings. The van der Waals surface area contributed by atoms with E-state index in [0.717, 1.165) is 38.5 Å². The molecule has 0 bridgehead atoms. The Bertz CT molecular complexity index is 913. The van der Waals surface area contributed by atoms with Crippen molar-refractivity contribution in [1.29, 1.82) is 0 Å². The fraction of sp³-hybridized carbons (Fsp3) is 0.979. The van der Waals surface area contributed by atoms with Crippen LogP contribution in [0.3, 0.4) is 0 Å². The summed E-state index contributed by atoms with van der Waals surface area (Å²) in [5.41, 5.74) is 0. The molecule has 0 aromatic heterocycles. The highest BCUT2D eigenvalue weighted by atomic mass is 16.7. The van der Waals surface area contributed by atoms with Crippen LogP contribution in [0.4, 0.5) is 0 Å². The van der Waals surface area contributed by atoms with Gasteiger partial charge in [-0.15, -0.1) is 0 Å². The van der Waals surface area contributed by atoms with Crippen LogP contribution in [0, 0.1) is 0 Å². The van der Waals surface area contributed by atoms with E-state index in [4.69, 9.17) is 9.47 Å². The molecule has 9 atom stereocenters. The Balaban J connectivity index is 2.34. The fourth-order valence-electron chi connectivity index (χ4n) is 8.09. The highest BCUT2D eigenvalue weighted by Crippen LogP contribution is 2.23. The van der Waals surface area contributed by atoms with E-state index in [1.807, 2.05) is 0 Å². The molecule has 346 valence electrons. The predicted octanol–water partition coefficient (Wildman–Crippen LogP) is 8.28. The minimum atomic E-state index is -1.66. The highest BCUT2D eigenvalue weighted by Gasteiger charge is 2.44. The van der Waals surface area contributed by atoms with Crippen molar-refractivity contribution in [3.63, 3.8) is 0 Å². The minimum absolute atomic E-state index is 0.266. The van der Waals surface area contributed by atoms with Gasteiger partial charge in [0.2, 0.25) is 5.91 Å². The molecule has 0 radical (unpaired) electrons. The lowest BCUT2D eigenvalue weighted by Gasteiger charge is -2.40. The number of aliphatic hydroxyl groups excluding tert-OH is 7. The van der Waals surface area contributed by atoms with Gasteiger partial charge in [-0.2, -0.15) is 0 Å². The van der Waals surface area contributed by atoms with Gasteiger partial charge in [0.25, 0.3) is 0 Å². The summed E-state index contributed by atoms with van der Waals surface area (Å²) in [6.07, 6.45) is 27.3. The number of unbranched alkanes of at least 4 members (excludes halogenated alkanes) is 29. The van der Waals surface area contributed by atoms with Gasteiger partial charge >= 0.3 is 0 Å². The van der Waals surface area contributed by atoms with Crippen molar-refractivity contribution in [3.8, 4) is 0 Å². The first-order valence-corrected chi connectivity index (χ1v) is 24.4. The number of aliphatic hydroxyl groups is 7. The standard InChI is InChI=1S/C47H93NO10/c1-3-5-7-9-11-13-15-16-17-18-19-20-21-22-23-24-25-27-29-31-33-35-40(51)46(56)48-38(37-57-47-45(55)44(54)43(53)41(36-49)58-47)42(52)39(50)34-32-30-28-26-14-12-10-8-6-4-2/h38-45,47,49-55H,3-37H2,1-2H3,(H,48,56). The third-order valence-corrected chi connectivity index (χ3v) is 12.2. The lowest BCUT2D eigenvalue weighted by atomic mass is 9.98. The van der Waals surface area contributed by atoms with E-state index < -0.39 is 74.2 Å². The first kappa shape index (κ1) is 55.1. The van der Waals surface area contributed by atoms with Gasteiger partial charge in [0.05, 0.1) is 25.4 Å². The van der Waals surface area contributed by atoms with Gasteiger partial charge in [0.1, 0.15) is 36.6 Å². The molecule has 11 nitrogen and oxygen atoms in total. The summed E-state index contributed by atoms with van der Waals surface area (Å²) < 4.78 is 11.1. The van der Waals surface area contributed by atoms with Crippen LogP contribution >= 0.6 is 0 Å². The van der Waals surface area contributed by atoms with Crippen molar-refractivity contribution in [2.75, 3.05) is 13.2 Å². The smallest absolute Gasteiger partial charge is 0.249 e. The average molecular weight is 832 g/mol. The summed E-state index contributed by atoms with van der Waals surface area (Å²) in [5.74, 6) is -0.694. The number of ether oxygens (including phenoxy) is 2. The average Bonchev–Trinajstić information content (AvgIpc) is 3.22. The van der Waals surface area contributed by atoms with E-state index in [9.17, 15) is 40.5 Å². The van der Waals surface area contributed by atoms with Gasteiger partial charge in [-0.25, -0.2) is 0 Å². The maximum atomic E-state index is 13.1. The summed E-state index contributed by atoms with van der Waals surface area (Å²) >= 11 is 0. The molecule has 1 rings (SSSR count). The molecule has 0 spiro atoms. The lowest BCUT2D eigenvalue weighted by molar-refractivity contribution is -0.303. The van der Waals surface area contributed by atoms with E-state index in [-0.39, 0.29) is 6.42 Å². The van der Waals surface area contributed by atoms with Gasteiger partial charge in [-0.3, -0.25) is 4.79 Å². The Labute approximate surface area is 354 Å². The zero-order valence-electron chi connectivity index (χ0n) is 37.3. The van der Waals surface area contributed by atoms with Crippen molar-refractivity contribution < 1.29 is 50.0 Å². The molecule has 1 amide bonds. The van der Waals surface area contributed by atoms with Crippen LogP contribution in [0.2, 0.25) is 0 Å². The van der Waals surface area contributed by atoms with Crippen LogP contribution in [-0.2, 0) is 14.3 Å². The van der Waals surface area contributed by atoms with Crippen LogP contribution < -0.4 is 5.32 Å². The van der Waals surface area contributed by atoms with Gasteiger partial charge in [-0.1, -0.05) is 213 Å². The molecule has 0 aliphatic carbocycles. The largest absolute Gasteiger partial charge is 0.394 e. The maximum absolute atomic E-state index is 13.1. The number of carbonyl (C=O) groups excluding carboxylic acids is 1. The van der Waals surface area contributed by atoms with Crippen molar-refractivity contribution in [2.45, 2.75) is 281 Å². The molecular weight excluding hydrogens is 739 g/mol. The highest BCUT2D eigenvalue weighted by molar-refractivity contribution is 5.80. The van der Waals surface area contributed by atoms with E-state index >= 15 is 0 Å². The molecule has 58 heavy (non-hydrogen) atoms. The third-order valence-electron chi connectivity index (χ3n) is 12.2. The second-order valence-corrected chi connectivity index (χ2v) is 17.5. The Morgan fingerprint density at radius 3 is 1.28 bits per heavy atom. The zero-order valence-corrected chi connectivity index (χ0v) is 37.3. The molecule has 1 aliphatic rings. The molecule has 1 heterocycles. The van der Waals surface area contributed by atoms with Gasteiger partial charge in [0, 0.05) is 0 Å². The fourth-order valence-corrected chi connectivity index (χ4v) is 8.09. The summed E-state index contributed by atoms with van der Waals surface area (Å²) in [6, 6.07) is -1.16. The lowest BCUT2D eigenvalue weighted by Crippen LogP contribution is -2.60. The normalized spacial score (nSPS) is 21.8. The number of nitrogens with one attached hydrogen (secondary N) is 1. The summed E-state index contributed by atoms with van der Waals surface area (Å²) in [4.78, 5) is 13.1. The Morgan fingerprint density at radius 2 is 0.897 bits per heavy atom. The van der Waals surface area contributed by atoms with Crippen molar-refractivity contribution in [1.82, 2.24) is 5.32 Å². The molecule has 8 N–H and O–H groups in total. The third kappa shape index (κ3) is 27.1. The van der Waals surface area contributed by atoms with Gasteiger partial charge in [0.15, 0.2) is 6.29 Å². The van der Waals surface area contributed by atoms with Crippen LogP contribution in [0.15, 0.2) is 0 Å². The van der Waals surface area contributed by atoms with Crippen molar-refractivity contribution in [3.05, 3.63) is 0 Å². The molecule has 1 aliphatic heterocycles. The first-order valence-electron chi connectivity index (χ1n) is 24.4. The van der Waals surface area contributed by atoms with E-state index in [2.05, 4.69) is 19.2 Å². The second kappa shape index (κ2) is 37.8. The predicted molar refractivity (Wildman–Crippen MR) is 233 cm³/mol. The Hall–Kier alpha value is -0.890. The summed E-state index contributed by atoms with van der Waals surface area (Å²) in [6.45, 7) is 3.44. The van der Waals surface area contributed by atoms with E-state index in [1.54, 1.807) is 0 Å². The first-order chi connectivity index (χ1) is 28.2. The Kier molecular flexibility index (Phi) is 36.0. The SMILES string of the molecule is CCCCCCCCCCCCCCCCCCCCCCCC(O)C(=O)NC(COC1OC(CO)C(O)C(O)C1O)C(O)C(O)CCCCCCCCCCCC. The molecule has 11 heteroatoms. The molecule has 9 unspecified atom stereocenters. The van der Waals surface area contributed by atoms with Crippen molar-refractivity contribution >= 4 is 5.91 Å². The van der Waals surface area contributed by atoms with Crippen LogP contribution in [0.25, 0.3) is 0 Å². The number of carbonyl (C=O) groups is 1. The quantitative estimate of drug-likeness (QED) is 0.0279. The van der Waals surface area contributed by atoms with Crippen LogP contribution in [0.5, 0.6) is 0 Å². The monoisotopic (exact) mass is 832 g/mol. The number of rotatable bonds is 41. The second-order valence-electron chi connectivity index (χ2n) is 17.5. The molecule has 0 saturated carbocycles. The summed E-state index contributed by atoms with van der Waals surface area (Å²) in [7, 11) is 0. The molecule has 1 saturated heterocycles. The summed E-state index contributed by atoms with van der Waals surface area (Å²) in [5, 5.41) is 75.6. The van der Waals surface area contributed by atoms with Crippen LogP contribution in [-0.4, -0.2) is 110 Å². The minimum Gasteiger partial charge on any atom is -0.394 e. The molecule has 1 fully saturated rings. The van der Waals surface area contributed by atoms with E-state index in [1.165, 1.54) is 148 Å². The topological polar surface area (TPSA) is 189 Å². The van der Waals surface area contributed by atoms with Gasteiger partial charge in [-0.05, 0) is 12.8 Å². The molecular formula is C47H93NO10. The Morgan fingerprint density at radius 1 is 0.534 bits per heavy atom. The number of hydrogen-bond donors (Lipinski definition) is 8.